The van der Waals surface area contributed by atoms with E-state index in [1.54, 1.807) is 24.3 Å². The highest BCUT2D eigenvalue weighted by atomic mass is 32.2. The molecule has 0 unspecified atom stereocenters. The summed E-state index contributed by atoms with van der Waals surface area (Å²) in [6, 6.07) is 5.76. The summed E-state index contributed by atoms with van der Waals surface area (Å²) in [5.74, 6) is 0.279. The van der Waals surface area contributed by atoms with Gasteiger partial charge in [-0.1, -0.05) is 0 Å². The minimum Gasteiger partial charge on any atom is -0.494 e. The molecule has 0 aliphatic carbocycles. The quantitative estimate of drug-likeness (QED) is 0.850. The van der Waals surface area contributed by atoms with Gasteiger partial charge < -0.3 is 10.1 Å². The van der Waals surface area contributed by atoms with Crippen molar-refractivity contribution in [1.82, 2.24) is 5.32 Å². The number of ether oxygens (including phenoxy) is 1. The van der Waals surface area contributed by atoms with Crippen molar-refractivity contribution in [2.24, 2.45) is 0 Å². The summed E-state index contributed by atoms with van der Waals surface area (Å²) in [4.78, 5) is 11.7. The summed E-state index contributed by atoms with van der Waals surface area (Å²) in [5.41, 5.74) is 0.423. The number of likely N-dealkylation sites (N-methyl/N-ethyl adjacent to an activating group) is 1. The van der Waals surface area contributed by atoms with Gasteiger partial charge in [0.2, 0.25) is 15.9 Å². The molecule has 0 aliphatic heterocycles. The average Bonchev–Trinajstić information content (AvgIpc) is 2.38. The predicted molar refractivity (Wildman–Crippen MR) is 78.5 cm³/mol. The molecule has 0 bridgehead atoms. The van der Waals surface area contributed by atoms with Crippen LogP contribution in [0.3, 0.4) is 0 Å². The lowest BCUT2D eigenvalue weighted by Gasteiger charge is -2.27. The lowest BCUT2D eigenvalue weighted by atomic mass is 10.2. The van der Waals surface area contributed by atoms with Crippen LogP contribution in [-0.2, 0) is 14.8 Å². The van der Waals surface area contributed by atoms with E-state index in [0.717, 1.165) is 10.6 Å². The predicted octanol–water partition coefficient (Wildman–Crippen LogP) is 0.986. The van der Waals surface area contributed by atoms with Crippen LogP contribution in [0.4, 0.5) is 5.69 Å². The van der Waals surface area contributed by atoms with Crippen LogP contribution in [0.5, 0.6) is 5.75 Å². The SMILES string of the molecule is CCOc1ccc(N([C@@H](C)C(=O)NC)S(C)(=O)=O)cc1. The Labute approximate surface area is 119 Å². The van der Waals surface area contributed by atoms with Crippen LogP contribution in [0.2, 0.25) is 0 Å². The Morgan fingerprint density at radius 2 is 1.90 bits per heavy atom. The Morgan fingerprint density at radius 3 is 2.30 bits per heavy atom. The third kappa shape index (κ3) is 3.86. The molecule has 112 valence electrons. The maximum Gasteiger partial charge on any atom is 0.243 e. The van der Waals surface area contributed by atoms with Gasteiger partial charge in [0.15, 0.2) is 0 Å². The van der Waals surface area contributed by atoms with Gasteiger partial charge in [0, 0.05) is 7.05 Å². The number of amides is 1. The van der Waals surface area contributed by atoms with Crippen molar-refractivity contribution in [3.63, 3.8) is 0 Å². The van der Waals surface area contributed by atoms with Crippen molar-refractivity contribution in [3.8, 4) is 5.75 Å². The Kier molecular flexibility index (Phi) is 5.38. The highest BCUT2D eigenvalue weighted by molar-refractivity contribution is 7.92. The first-order valence-corrected chi connectivity index (χ1v) is 8.10. The Bertz CT molecular complexity index is 554. The lowest BCUT2D eigenvalue weighted by Crippen LogP contribution is -2.46. The summed E-state index contributed by atoms with van der Waals surface area (Å²) in [7, 11) is -2.10. The molecule has 1 atom stereocenters. The number of hydrogen-bond acceptors (Lipinski definition) is 4. The number of nitrogens with one attached hydrogen (secondary N) is 1. The van der Waals surface area contributed by atoms with E-state index in [4.69, 9.17) is 4.74 Å². The molecule has 1 amide bonds. The first-order chi connectivity index (χ1) is 9.31. The summed E-state index contributed by atoms with van der Waals surface area (Å²) >= 11 is 0. The van der Waals surface area contributed by atoms with Crippen molar-refractivity contribution in [2.75, 3.05) is 24.2 Å². The molecular weight excluding hydrogens is 280 g/mol. The van der Waals surface area contributed by atoms with Crippen LogP contribution in [0.1, 0.15) is 13.8 Å². The standard InChI is InChI=1S/C13H20N2O4S/c1-5-19-12-8-6-11(7-9-12)15(20(4,17)18)10(2)13(16)14-3/h6-10H,5H2,1-4H3,(H,14,16)/t10-/m0/s1. The number of rotatable bonds is 6. The molecule has 0 fully saturated rings. The fourth-order valence-corrected chi connectivity index (χ4v) is 3.05. The fraction of sp³-hybridized carbons (Fsp3) is 0.462. The molecule has 0 aliphatic rings. The molecule has 0 spiro atoms. The summed E-state index contributed by atoms with van der Waals surface area (Å²) in [5, 5.41) is 2.45. The van der Waals surface area contributed by atoms with Crippen LogP contribution in [0.25, 0.3) is 0 Å². The normalized spacial score (nSPS) is 12.6. The van der Waals surface area contributed by atoms with Gasteiger partial charge in [0.05, 0.1) is 18.6 Å². The molecule has 0 radical (unpaired) electrons. The minimum absolute atomic E-state index is 0.371. The van der Waals surface area contributed by atoms with Gasteiger partial charge in [0.25, 0.3) is 0 Å². The van der Waals surface area contributed by atoms with E-state index in [1.807, 2.05) is 6.92 Å². The molecule has 0 heterocycles. The summed E-state index contributed by atoms with van der Waals surface area (Å²) in [6.45, 7) is 3.94. The first kappa shape index (κ1) is 16.3. The maximum absolute atomic E-state index is 11.9. The van der Waals surface area contributed by atoms with Crippen molar-refractivity contribution in [3.05, 3.63) is 24.3 Å². The third-order valence-corrected chi connectivity index (χ3v) is 3.98. The molecule has 1 aromatic rings. The third-order valence-electron chi connectivity index (χ3n) is 2.74. The highest BCUT2D eigenvalue weighted by Crippen LogP contribution is 2.23. The summed E-state index contributed by atoms with van der Waals surface area (Å²) in [6.07, 6.45) is 1.07. The van der Waals surface area contributed by atoms with Gasteiger partial charge in [-0.05, 0) is 38.1 Å². The zero-order valence-electron chi connectivity index (χ0n) is 12.1. The van der Waals surface area contributed by atoms with E-state index in [0.29, 0.717) is 18.0 Å². The number of anilines is 1. The molecule has 1 aromatic carbocycles. The van der Waals surface area contributed by atoms with Gasteiger partial charge in [-0.15, -0.1) is 0 Å². The molecule has 0 saturated heterocycles. The van der Waals surface area contributed by atoms with E-state index in [2.05, 4.69) is 5.32 Å². The van der Waals surface area contributed by atoms with Crippen LogP contribution in [-0.4, -0.2) is 40.3 Å². The zero-order chi connectivity index (χ0) is 15.3. The van der Waals surface area contributed by atoms with Gasteiger partial charge in [0.1, 0.15) is 11.8 Å². The van der Waals surface area contributed by atoms with Gasteiger partial charge in [-0.25, -0.2) is 8.42 Å². The molecule has 0 saturated carbocycles. The molecule has 7 heteroatoms. The summed E-state index contributed by atoms with van der Waals surface area (Å²) < 4.78 is 30.2. The van der Waals surface area contributed by atoms with Crippen LogP contribution in [0.15, 0.2) is 24.3 Å². The molecule has 1 N–H and O–H groups in total. The zero-order valence-corrected chi connectivity index (χ0v) is 12.9. The first-order valence-electron chi connectivity index (χ1n) is 6.25. The highest BCUT2D eigenvalue weighted by Gasteiger charge is 2.28. The van der Waals surface area contributed by atoms with Crippen molar-refractivity contribution >= 4 is 21.6 Å². The Hall–Kier alpha value is -1.76. The van der Waals surface area contributed by atoms with E-state index in [9.17, 15) is 13.2 Å². The maximum atomic E-state index is 11.9. The number of carbonyl (C=O) groups excluding carboxylic acids is 1. The van der Waals surface area contributed by atoms with Gasteiger partial charge in [-0.3, -0.25) is 9.10 Å². The largest absolute Gasteiger partial charge is 0.494 e. The van der Waals surface area contributed by atoms with Crippen LogP contribution >= 0.6 is 0 Å². The second-order valence-corrected chi connectivity index (χ2v) is 6.14. The van der Waals surface area contributed by atoms with Gasteiger partial charge >= 0.3 is 0 Å². The van der Waals surface area contributed by atoms with Gasteiger partial charge in [-0.2, -0.15) is 0 Å². The molecule has 0 aromatic heterocycles. The number of hydrogen-bond donors (Lipinski definition) is 1. The molecule has 1 rings (SSSR count). The van der Waals surface area contributed by atoms with Crippen LogP contribution < -0.4 is 14.4 Å². The average molecular weight is 300 g/mol. The fourth-order valence-electron chi connectivity index (χ4n) is 1.87. The van der Waals surface area contributed by atoms with E-state index >= 15 is 0 Å². The second kappa shape index (κ2) is 6.60. The monoisotopic (exact) mass is 300 g/mol. The topological polar surface area (TPSA) is 75.7 Å². The number of benzene rings is 1. The smallest absolute Gasteiger partial charge is 0.243 e. The second-order valence-electron chi connectivity index (χ2n) is 4.28. The number of nitrogens with zero attached hydrogens (tertiary/aromatic N) is 1. The lowest BCUT2D eigenvalue weighted by molar-refractivity contribution is -0.121. The Morgan fingerprint density at radius 1 is 1.35 bits per heavy atom. The van der Waals surface area contributed by atoms with Crippen molar-refractivity contribution in [1.29, 1.82) is 0 Å². The van der Waals surface area contributed by atoms with Crippen LogP contribution in [0, 0.1) is 0 Å². The molecular formula is C13H20N2O4S. The minimum atomic E-state index is -3.57. The molecule has 20 heavy (non-hydrogen) atoms. The van der Waals surface area contributed by atoms with E-state index in [1.165, 1.54) is 14.0 Å². The number of sulfonamides is 1. The number of carbonyl (C=O) groups is 1. The molecule has 6 nitrogen and oxygen atoms in total. The van der Waals surface area contributed by atoms with E-state index in [-0.39, 0.29) is 5.91 Å². The Balaban J connectivity index is 3.15. The van der Waals surface area contributed by atoms with Crippen molar-refractivity contribution < 1.29 is 17.9 Å². The van der Waals surface area contributed by atoms with Crippen molar-refractivity contribution in [2.45, 2.75) is 19.9 Å². The van der Waals surface area contributed by atoms with E-state index < -0.39 is 16.1 Å².